The number of carbonyl (C=O) groups is 1. The van der Waals surface area contributed by atoms with E-state index in [1.807, 2.05) is 53.4 Å². The van der Waals surface area contributed by atoms with Gasteiger partial charge in [-0.3, -0.25) is 4.79 Å². The number of hydrogen-bond acceptors (Lipinski definition) is 4. The molecule has 0 radical (unpaired) electrons. The molecule has 31 heavy (non-hydrogen) atoms. The molecule has 4 rings (SSSR count). The van der Waals surface area contributed by atoms with Crippen LogP contribution in [0.3, 0.4) is 0 Å². The highest BCUT2D eigenvalue weighted by Gasteiger charge is 2.24. The summed E-state index contributed by atoms with van der Waals surface area (Å²) in [5.74, 6) is 0.0575. The molecule has 0 atom stereocenters. The van der Waals surface area contributed by atoms with E-state index in [1.54, 1.807) is 29.2 Å². The van der Waals surface area contributed by atoms with Gasteiger partial charge in [0, 0.05) is 31.7 Å². The van der Waals surface area contributed by atoms with Gasteiger partial charge in [-0.05, 0) is 35.9 Å². The fourth-order valence-electron chi connectivity index (χ4n) is 3.68. The van der Waals surface area contributed by atoms with Crippen molar-refractivity contribution in [1.82, 2.24) is 4.90 Å². The third-order valence-electron chi connectivity index (χ3n) is 5.34. The topological polar surface area (TPSA) is 56.6 Å². The van der Waals surface area contributed by atoms with Gasteiger partial charge in [0.05, 0.1) is 5.69 Å². The van der Waals surface area contributed by atoms with Crippen molar-refractivity contribution in [3.05, 3.63) is 95.3 Å². The average molecular weight is 415 g/mol. The summed E-state index contributed by atoms with van der Waals surface area (Å²) in [7, 11) is 0. The number of piperazine rings is 1. The lowest BCUT2D eigenvalue weighted by molar-refractivity contribution is 0.0746. The SMILES string of the molecule is N#Cc1c(F)cccc1N1CCN(C(=O)c2cccc(OCc3ccccc3)c2)CC1. The Labute approximate surface area is 180 Å². The lowest BCUT2D eigenvalue weighted by atomic mass is 10.1. The maximum atomic E-state index is 13.9. The van der Waals surface area contributed by atoms with Crippen molar-refractivity contribution < 1.29 is 13.9 Å². The molecule has 1 aliphatic heterocycles. The summed E-state index contributed by atoms with van der Waals surface area (Å²) in [6.45, 7) is 2.50. The number of nitriles is 1. The van der Waals surface area contributed by atoms with E-state index in [0.29, 0.717) is 49.8 Å². The second-order valence-electron chi connectivity index (χ2n) is 7.33. The Morgan fingerprint density at radius 2 is 1.71 bits per heavy atom. The minimum absolute atomic E-state index is 0.0468. The number of halogens is 1. The van der Waals surface area contributed by atoms with Crippen LogP contribution >= 0.6 is 0 Å². The second kappa shape index (κ2) is 9.31. The molecule has 1 heterocycles. The van der Waals surface area contributed by atoms with E-state index in [-0.39, 0.29) is 11.5 Å². The molecule has 0 N–H and O–H groups in total. The van der Waals surface area contributed by atoms with E-state index >= 15 is 0 Å². The number of nitrogens with zero attached hydrogens (tertiary/aromatic N) is 3. The van der Waals surface area contributed by atoms with Crippen LogP contribution < -0.4 is 9.64 Å². The Morgan fingerprint density at radius 3 is 2.45 bits per heavy atom. The van der Waals surface area contributed by atoms with Gasteiger partial charge in [-0.1, -0.05) is 42.5 Å². The molecule has 1 amide bonds. The summed E-state index contributed by atoms with van der Waals surface area (Å²) in [5, 5.41) is 9.27. The second-order valence-corrected chi connectivity index (χ2v) is 7.33. The number of anilines is 1. The fraction of sp³-hybridized carbons (Fsp3) is 0.200. The van der Waals surface area contributed by atoms with Crippen molar-refractivity contribution >= 4 is 11.6 Å². The van der Waals surface area contributed by atoms with E-state index in [9.17, 15) is 14.4 Å². The molecule has 0 unspecified atom stereocenters. The van der Waals surface area contributed by atoms with E-state index < -0.39 is 5.82 Å². The summed E-state index contributed by atoms with van der Waals surface area (Å²) < 4.78 is 19.8. The van der Waals surface area contributed by atoms with Gasteiger partial charge < -0.3 is 14.5 Å². The van der Waals surface area contributed by atoms with Gasteiger partial charge in [-0.25, -0.2) is 4.39 Å². The highest BCUT2D eigenvalue weighted by molar-refractivity contribution is 5.94. The zero-order chi connectivity index (χ0) is 21.6. The zero-order valence-electron chi connectivity index (χ0n) is 17.0. The zero-order valence-corrected chi connectivity index (χ0v) is 17.0. The van der Waals surface area contributed by atoms with Crippen LogP contribution in [0.4, 0.5) is 10.1 Å². The van der Waals surface area contributed by atoms with Crippen LogP contribution in [0.2, 0.25) is 0 Å². The first-order valence-electron chi connectivity index (χ1n) is 10.2. The molecule has 0 aromatic heterocycles. The lowest BCUT2D eigenvalue weighted by Gasteiger charge is -2.36. The first-order chi connectivity index (χ1) is 15.2. The molecule has 3 aromatic rings. The van der Waals surface area contributed by atoms with Gasteiger partial charge in [0.2, 0.25) is 0 Å². The van der Waals surface area contributed by atoms with Gasteiger partial charge in [0.1, 0.15) is 29.8 Å². The number of ether oxygens (including phenoxy) is 1. The summed E-state index contributed by atoms with van der Waals surface area (Å²) in [6, 6.07) is 23.6. The molecule has 0 spiro atoms. The van der Waals surface area contributed by atoms with E-state index in [1.165, 1.54) is 6.07 Å². The average Bonchev–Trinajstić information content (AvgIpc) is 2.83. The third kappa shape index (κ3) is 4.67. The highest BCUT2D eigenvalue weighted by atomic mass is 19.1. The number of hydrogen-bond donors (Lipinski definition) is 0. The van der Waals surface area contributed by atoms with E-state index in [2.05, 4.69) is 0 Å². The summed E-state index contributed by atoms with van der Waals surface area (Å²) in [6.07, 6.45) is 0. The van der Waals surface area contributed by atoms with E-state index in [0.717, 1.165) is 5.56 Å². The molecule has 0 bridgehead atoms. The van der Waals surface area contributed by atoms with Crippen molar-refractivity contribution in [3.8, 4) is 11.8 Å². The van der Waals surface area contributed by atoms with Gasteiger partial charge in [0.25, 0.3) is 5.91 Å². The van der Waals surface area contributed by atoms with Crippen molar-refractivity contribution in [2.75, 3.05) is 31.1 Å². The molecule has 3 aromatic carbocycles. The number of amides is 1. The Morgan fingerprint density at radius 1 is 0.968 bits per heavy atom. The quantitative estimate of drug-likeness (QED) is 0.626. The van der Waals surface area contributed by atoms with Crippen LogP contribution in [0.15, 0.2) is 72.8 Å². The van der Waals surface area contributed by atoms with Gasteiger partial charge in [-0.2, -0.15) is 5.26 Å². The fourth-order valence-corrected chi connectivity index (χ4v) is 3.68. The summed E-state index contributed by atoms with van der Waals surface area (Å²) in [5.41, 5.74) is 2.25. The van der Waals surface area contributed by atoms with Gasteiger partial charge in [0.15, 0.2) is 0 Å². The predicted molar refractivity (Wildman–Crippen MR) is 116 cm³/mol. The third-order valence-corrected chi connectivity index (χ3v) is 5.34. The Bertz CT molecular complexity index is 1100. The molecule has 0 saturated carbocycles. The first-order valence-corrected chi connectivity index (χ1v) is 10.2. The summed E-state index contributed by atoms with van der Waals surface area (Å²) >= 11 is 0. The van der Waals surface area contributed by atoms with Crippen molar-refractivity contribution in [2.24, 2.45) is 0 Å². The normalized spacial score (nSPS) is 13.5. The standard InChI is InChI=1S/C25H22FN3O2/c26-23-10-5-11-24(22(23)17-27)28-12-14-29(15-13-28)25(30)20-8-4-9-21(16-20)31-18-19-6-2-1-3-7-19/h1-11,16H,12-15,18H2. The molecule has 1 aliphatic rings. The smallest absolute Gasteiger partial charge is 0.254 e. The van der Waals surface area contributed by atoms with Crippen LogP contribution in [0.5, 0.6) is 5.75 Å². The van der Waals surface area contributed by atoms with Gasteiger partial charge in [-0.15, -0.1) is 0 Å². The van der Waals surface area contributed by atoms with Gasteiger partial charge >= 0.3 is 0 Å². The van der Waals surface area contributed by atoms with Crippen molar-refractivity contribution in [3.63, 3.8) is 0 Å². The molecule has 1 saturated heterocycles. The number of rotatable bonds is 5. The van der Waals surface area contributed by atoms with Crippen LogP contribution in [-0.4, -0.2) is 37.0 Å². The van der Waals surface area contributed by atoms with Crippen LogP contribution in [-0.2, 0) is 6.61 Å². The maximum absolute atomic E-state index is 13.9. The molecular weight excluding hydrogens is 393 g/mol. The molecule has 0 aliphatic carbocycles. The molecular formula is C25H22FN3O2. The predicted octanol–water partition coefficient (Wildman–Crippen LogP) is 4.24. The molecule has 5 nitrogen and oxygen atoms in total. The molecule has 156 valence electrons. The lowest BCUT2D eigenvalue weighted by Crippen LogP contribution is -2.49. The Kier molecular flexibility index (Phi) is 6.13. The Hall–Kier alpha value is -3.85. The monoisotopic (exact) mass is 415 g/mol. The van der Waals surface area contributed by atoms with Crippen LogP contribution in [0.25, 0.3) is 0 Å². The van der Waals surface area contributed by atoms with Crippen LogP contribution in [0, 0.1) is 17.1 Å². The minimum atomic E-state index is -0.522. The minimum Gasteiger partial charge on any atom is -0.489 e. The highest BCUT2D eigenvalue weighted by Crippen LogP contribution is 2.24. The van der Waals surface area contributed by atoms with Crippen molar-refractivity contribution in [1.29, 1.82) is 5.26 Å². The Balaban J connectivity index is 1.39. The van der Waals surface area contributed by atoms with E-state index in [4.69, 9.17) is 4.74 Å². The van der Waals surface area contributed by atoms with Crippen molar-refractivity contribution in [2.45, 2.75) is 6.61 Å². The molecule has 1 fully saturated rings. The van der Waals surface area contributed by atoms with Crippen LogP contribution in [0.1, 0.15) is 21.5 Å². The maximum Gasteiger partial charge on any atom is 0.254 e. The first kappa shape index (κ1) is 20.4. The molecule has 6 heteroatoms. The number of carbonyl (C=O) groups excluding carboxylic acids is 1. The largest absolute Gasteiger partial charge is 0.489 e. The summed E-state index contributed by atoms with van der Waals surface area (Å²) in [4.78, 5) is 16.7. The number of benzene rings is 3.